The minimum absolute atomic E-state index is 0.184. The van der Waals surface area contributed by atoms with E-state index in [-0.39, 0.29) is 12.5 Å². The van der Waals surface area contributed by atoms with Gasteiger partial charge in [0.2, 0.25) is 0 Å². The molecule has 0 spiro atoms. The summed E-state index contributed by atoms with van der Waals surface area (Å²) in [5.41, 5.74) is 1.27. The number of likely N-dealkylation sites (tertiary alicyclic amines) is 1. The lowest BCUT2D eigenvalue weighted by Gasteiger charge is -2.16. The van der Waals surface area contributed by atoms with Crippen molar-refractivity contribution >= 4 is 26.6 Å². The number of carbonyl (C=O) groups excluding carboxylic acids is 1. The second kappa shape index (κ2) is 6.74. The molecule has 2 heterocycles. The zero-order chi connectivity index (χ0) is 19.0. The molecule has 0 saturated carbocycles. The number of amides is 1. The van der Waals surface area contributed by atoms with E-state index in [9.17, 15) is 13.2 Å². The second-order valence-electron chi connectivity index (χ2n) is 6.66. The van der Waals surface area contributed by atoms with E-state index < -0.39 is 15.1 Å². The summed E-state index contributed by atoms with van der Waals surface area (Å²) < 4.78 is 30.8. The van der Waals surface area contributed by atoms with E-state index in [0.29, 0.717) is 29.3 Å². The van der Waals surface area contributed by atoms with Crippen LogP contribution in [0.1, 0.15) is 16.9 Å². The van der Waals surface area contributed by atoms with Gasteiger partial charge in [0.05, 0.1) is 17.3 Å². The molecule has 1 fully saturated rings. The quantitative estimate of drug-likeness (QED) is 0.750. The number of fused-ring (bicyclic) bond motifs is 1. The van der Waals surface area contributed by atoms with Crippen LogP contribution >= 0.6 is 0 Å². The SMILES string of the molecule is COc1ccc2cc(C(=O)N3CCC(S(=O)(=O)c4ccccc4)C3)[nH]c2c1. The van der Waals surface area contributed by atoms with Gasteiger partial charge in [-0.15, -0.1) is 0 Å². The molecule has 27 heavy (non-hydrogen) atoms. The first-order chi connectivity index (χ1) is 13.0. The Bertz CT molecular complexity index is 1090. The highest BCUT2D eigenvalue weighted by atomic mass is 32.2. The second-order valence-corrected chi connectivity index (χ2v) is 8.88. The van der Waals surface area contributed by atoms with E-state index in [1.54, 1.807) is 48.4 Å². The van der Waals surface area contributed by atoms with Gasteiger partial charge in [-0.2, -0.15) is 0 Å². The van der Waals surface area contributed by atoms with Gasteiger partial charge in [-0.1, -0.05) is 18.2 Å². The number of rotatable bonds is 4. The molecule has 1 N–H and O–H groups in total. The van der Waals surface area contributed by atoms with Crippen LogP contribution in [0.3, 0.4) is 0 Å². The topological polar surface area (TPSA) is 79.5 Å². The van der Waals surface area contributed by atoms with Crippen LogP contribution in [-0.4, -0.2) is 49.7 Å². The molecule has 1 aliphatic heterocycles. The number of benzene rings is 2. The monoisotopic (exact) mass is 384 g/mol. The Kier molecular flexibility index (Phi) is 4.39. The molecule has 4 rings (SSSR count). The highest BCUT2D eigenvalue weighted by Crippen LogP contribution is 2.26. The molecule has 1 unspecified atom stereocenters. The third-order valence-electron chi connectivity index (χ3n) is 5.00. The molecular formula is C20H20N2O4S. The van der Waals surface area contributed by atoms with Crippen LogP contribution in [0.5, 0.6) is 5.75 Å². The molecule has 0 aliphatic carbocycles. The number of nitrogens with one attached hydrogen (secondary N) is 1. The summed E-state index contributed by atoms with van der Waals surface area (Å²) in [4.78, 5) is 17.9. The fourth-order valence-corrected chi connectivity index (χ4v) is 5.20. The van der Waals surface area contributed by atoms with Crippen LogP contribution < -0.4 is 4.74 Å². The molecule has 6 nitrogen and oxygen atoms in total. The van der Waals surface area contributed by atoms with E-state index >= 15 is 0 Å². The van der Waals surface area contributed by atoms with Crippen LogP contribution in [-0.2, 0) is 9.84 Å². The predicted octanol–water partition coefficient (Wildman–Crippen LogP) is 2.86. The lowest BCUT2D eigenvalue weighted by molar-refractivity contribution is 0.0788. The molecule has 3 aromatic rings. The fraction of sp³-hybridized carbons (Fsp3) is 0.250. The molecule has 1 aromatic heterocycles. The van der Waals surface area contributed by atoms with E-state index in [4.69, 9.17) is 4.74 Å². The number of carbonyl (C=O) groups is 1. The Hall–Kier alpha value is -2.80. The summed E-state index contributed by atoms with van der Waals surface area (Å²) in [6.07, 6.45) is 0.441. The number of methoxy groups -OCH3 is 1. The molecule has 0 radical (unpaired) electrons. The Morgan fingerprint density at radius 1 is 1.15 bits per heavy atom. The van der Waals surface area contributed by atoms with Gasteiger partial charge in [-0.3, -0.25) is 4.79 Å². The number of aromatic nitrogens is 1. The van der Waals surface area contributed by atoms with Gasteiger partial charge >= 0.3 is 0 Å². The van der Waals surface area contributed by atoms with Gasteiger partial charge in [0.15, 0.2) is 9.84 Å². The van der Waals surface area contributed by atoms with Crippen molar-refractivity contribution in [1.82, 2.24) is 9.88 Å². The summed E-state index contributed by atoms with van der Waals surface area (Å²) in [6, 6.07) is 15.8. The zero-order valence-corrected chi connectivity index (χ0v) is 15.7. The average molecular weight is 384 g/mol. The lowest BCUT2D eigenvalue weighted by Crippen LogP contribution is -2.32. The number of ether oxygens (including phenoxy) is 1. The molecule has 7 heteroatoms. The summed E-state index contributed by atoms with van der Waals surface area (Å²) in [5, 5.41) is 0.333. The van der Waals surface area contributed by atoms with Crippen molar-refractivity contribution in [3.05, 3.63) is 60.3 Å². The van der Waals surface area contributed by atoms with Crippen LogP contribution in [0.2, 0.25) is 0 Å². The Morgan fingerprint density at radius 3 is 2.67 bits per heavy atom. The van der Waals surface area contributed by atoms with Crippen molar-refractivity contribution in [2.45, 2.75) is 16.6 Å². The minimum atomic E-state index is -3.44. The molecule has 1 aliphatic rings. The molecule has 0 bridgehead atoms. The Morgan fingerprint density at radius 2 is 1.93 bits per heavy atom. The predicted molar refractivity (Wildman–Crippen MR) is 103 cm³/mol. The van der Waals surface area contributed by atoms with Crippen molar-refractivity contribution < 1.29 is 17.9 Å². The van der Waals surface area contributed by atoms with Crippen molar-refractivity contribution in [2.75, 3.05) is 20.2 Å². The van der Waals surface area contributed by atoms with Gasteiger partial charge in [0, 0.05) is 30.1 Å². The Balaban J connectivity index is 1.54. The lowest BCUT2D eigenvalue weighted by atomic mass is 10.2. The van der Waals surface area contributed by atoms with E-state index in [0.717, 1.165) is 10.9 Å². The van der Waals surface area contributed by atoms with Crippen LogP contribution in [0.15, 0.2) is 59.5 Å². The van der Waals surface area contributed by atoms with Gasteiger partial charge in [-0.25, -0.2) is 8.42 Å². The zero-order valence-electron chi connectivity index (χ0n) is 14.9. The van der Waals surface area contributed by atoms with Crippen molar-refractivity contribution in [1.29, 1.82) is 0 Å². The number of nitrogens with zero attached hydrogens (tertiary/aromatic N) is 1. The summed E-state index contributed by atoms with van der Waals surface area (Å²) in [5.74, 6) is 0.523. The fourth-order valence-electron chi connectivity index (χ4n) is 3.49. The van der Waals surface area contributed by atoms with E-state index in [2.05, 4.69) is 4.98 Å². The van der Waals surface area contributed by atoms with Gasteiger partial charge in [0.25, 0.3) is 5.91 Å². The number of H-pyrrole nitrogens is 1. The molecular weight excluding hydrogens is 364 g/mol. The number of hydrogen-bond donors (Lipinski definition) is 1. The highest BCUT2D eigenvalue weighted by Gasteiger charge is 2.36. The maximum absolute atomic E-state index is 12.8. The molecule has 2 aromatic carbocycles. The van der Waals surface area contributed by atoms with E-state index in [1.165, 1.54) is 0 Å². The number of hydrogen-bond acceptors (Lipinski definition) is 4. The standard InChI is InChI=1S/C20H20N2O4S/c1-26-15-8-7-14-11-19(21-18(14)12-15)20(23)22-10-9-17(13-22)27(24,25)16-5-3-2-4-6-16/h2-8,11-12,17,21H,9-10,13H2,1H3. The summed E-state index contributed by atoms with van der Waals surface area (Å²) in [6.45, 7) is 0.628. The Labute approximate surface area is 157 Å². The molecule has 1 saturated heterocycles. The smallest absolute Gasteiger partial charge is 0.270 e. The van der Waals surface area contributed by atoms with Gasteiger partial charge < -0.3 is 14.6 Å². The minimum Gasteiger partial charge on any atom is -0.497 e. The largest absolute Gasteiger partial charge is 0.497 e. The van der Waals surface area contributed by atoms with Gasteiger partial charge in [-0.05, 0) is 36.8 Å². The molecule has 1 atom stereocenters. The maximum atomic E-state index is 12.8. The first kappa shape index (κ1) is 17.6. The van der Waals surface area contributed by atoms with E-state index in [1.807, 2.05) is 18.2 Å². The first-order valence-electron chi connectivity index (χ1n) is 8.74. The third kappa shape index (κ3) is 3.19. The maximum Gasteiger partial charge on any atom is 0.270 e. The molecule has 140 valence electrons. The van der Waals surface area contributed by atoms with Crippen LogP contribution in [0.4, 0.5) is 0 Å². The van der Waals surface area contributed by atoms with Crippen molar-refractivity contribution in [3.63, 3.8) is 0 Å². The normalized spacial score (nSPS) is 17.4. The van der Waals surface area contributed by atoms with Crippen LogP contribution in [0, 0.1) is 0 Å². The summed E-state index contributed by atoms with van der Waals surface area (Å²) in [7, 11) is -1.85. The van der Waals surface area contributed by atoms with Gasteiger partial charge in [0.1, 0.15) is 11.4 Å². The average Bonchev–Trinajstić information content (AvgIpc) is 3.35. The number of aromatic amines is 1. The highest BCUT2D eigenvalue weighted by molar-refractivity contribution is 7.92. The van der Waals surface area contributed by atoms with Crippen LogP contribution in [0.25, 0.3) is 10.9 Å². The number of sulfone groups is 1. The molecule has 1 amide bonds. The van der Waals surface area contributed by atoms with Crippen molar-refractivity contribution in [3.8, 4) is 5.75 Å². The first-order valence-corrected chi connectivity index (χ1v) is 10.3. The third-order valence-corrected chi connectivity index (χ3v) is 7.19. The van der Waals surface area contributed by atoms with Crippen molar-refractivity contribution in [2.24, 2.45) is 0 Å². The summed E-state index contributed by atoms with van der Waals surface area (Å²) >= 11 is 0.